The van der Waals surface area contributed by atoms with E-state index in [-0.39, 0.29) is 107 Å². The number of β-amino-alcohol motifs (C(OH)–C–C–N with tert-alkyl or cyclic N) is 1. The zero-order valence-electron chi connectivity index (χ0n) is 42.8. The van der Waals surface area contributed by atoms with Crippen molar-refractivity contribution in [2.24, 2.45) is 5.92 Å². The minimum Gasteiger partial charge on any atom is -0.491 e. The molecule has 3 N–H and O–H groups in total. The lowest BCUT2D eigenvalue weighted by atomic mass is 10.0. The van der Waals surface area contributed by atoms with Crippen LogP contribution < -0.4 is 14.8 Å². The summed E-state index contributed by atoms with van der Waals surface area (Å²) in [7, 11) is 0. The van der Waals surface area contributed by atoms with Gasteiger partial charge in [-0.2, -0.15) is 0 Å². The van der Waals surface area contributed by atoms with Crippen LogP contribution in [0.15, 0.2) is 115 Å². The van der Waals surface area contributed by atoms with Gasteiger partial charge < -0.3 is 49.2 Å². The number of aryl methyl sites for hydroxylation is 1. The van der Waals surface area contributed by atoms with E-state index in [2.05, 4.69) is 22.1 Å². The number of thiazole rings is 1. The van der Waals surface area contributed by atoms with Gasteiger partial charge in [-0.3, -0.25) is 19.2 Å². The number of hydrogen-bond donors (Lipinski definition) is 3. The predicted octanol–water partition coefficient (Wildman–Crippen LogP) is 7.34. The standard InChI is InChI=1S/C59H58FN5O11S/c1-36(2)52(64-31-42-13-7-8-17-46(42)56(64)68)58(70)63-33-45(66)29-48(63)55(67)61-30-41-19-18-40(54-37(3)62-35-77-54)27-50(41)75-26-25-74-24-23-73-22-10-16-39-14-9-15-43-32-65(57(69)51(39)43)53(59(71)72)47-28-44(60)20-21-49(47)76-34-38-11-5-4-6-12-38/h4-9,11-15,17-21,27-28,35-36,45,48,52-53,66H,22-26,29-34H2,1-3H3,(H,61,67)(H,71,72)/t45-,48+,52+,53?/m1/s1. The number of aliphatic hydroxyl groups is 1. The highest BCUT2D eigenvalue weighted by molar-refractivity contribution is 7.13. The Balaban J connectivity index is 0.771. The normalized spacial score (nSPS) is 16.5. The van der Waals surface area contributed by atoms with Gasteiger partial charge in [0.15, 0.2) is 6.04 Å². The quantitative estimate of drug-likeness (QED) is 0.0480. The van der Waals surface area contributed by atoms with Crippen LogP contribution in [-0.2, 0) is 50.1 Å². The van der Waals surface area contributed by atoms with E-state index in [0.717, 1.165) is 33.3 Å². The number of ether oxygens (including phenoxy) is 4. The second-order valence-corrected chi connectivity index (χ2v) is 20.1. The molecule has 5 aromatic carbocycles. The summed E-state index contributed by atoms with van der Waals surface area (Å²) in [6.45, 7) is 6.84. The molecule has 0 aliphatic carbocycles. The number of carbonyl (C=O) groups excluding carboxylic acids is 4. The summed E-state index contributed by atoms with van der Waals surface area (Å²) in [5.41, 5.74) is 7.67. The Morgan fingerprint density at radius 1 is 0.844 bits per heavy atom. The smallest absolute Gasteiger partial charge is 0.331 e. The van der Waals surface area contributed by atoms with Crippen molar-refractivity contribution in [1.82, 2.24) is 25.0 Å². The highest BCUT2D eigenvalue weighted by Gasteiger charge is 2.46. The average Bonchev–Trinajstić information content (AvgIpc) is 4.23. The number of nitrogens with one attached hydrogen (secondary N) is 1. The number of carboxylic acids is 1. The fourth-order valence-corrected chi connectivity index (χ4v) is 10.8. The van der Waals surface area contributed by atoms with Crippen molar-refractivity contribution >= 4 is 40.9 Å². The maximum Gasteiger partial charge on any atom is 0.331 e. The summed E-state index contributed by atoms with van der Waals surface area (Å²) >= 11 is 1.49. The van der Waals surface area contributed by atoms with Crippen LogP contribution in [0.4, 0.5) is 4.39 Å². The number of benzene rings is 5. The van der Waals surface area contributed by atoms with Crippen LogP contribution >= 0.6 is 11.3 Å². The summed E-state index contributed by atoms with van der Waals surface area (Å²) in [5, 5.41) is 24.2. The lowest BCUT2D eigenvalue weighted by Gasteiger charge is -2.35. The Morgan fingerprint density at radius 3 is 2.36 bits per heavy atom. The van der Waals surface area contributed by atoms with Gasteiger partial charge in [0.05, 0.1) is 47.6 Å². The first-order chi connectivity index (χ1) is 37.3. The molecule has 398 valence electrons. The largest absolute Gasteiger partial charge is 0.491 e. The van der Waals surface area contributed by atoms with Gasteiger partial charge >= 0.3 is 5.97 Å². The molecule has 16 nitrogen and oxygen atoms in total. The maximum atomic E-state index is 14.7. The van der Waals surface area contributed by atoms with E-state index in [1.807, 2.05) is 81.4 Å². The third-order valence-corrected chi connectivity index (χ3v) is 14.7. The molecule has 4 heterocycles. The molecular weight excluding hydrogens is 1010 g/mol. The third-order valence-electron chi connectivity index (χ3n) is 13.7. The van der Waals surface area contributed by atoms with Crippen molar-refractivity contribution in [3.05, 3.63) is 171 Å². The Hall–Kier alpha value is -7.95. The summed E-state index contributed by atoms with van der Waals surface area (Å²) in [6.07, 6.45) is -0.862. The number of carbonyl (C=O) groups is 5. The summed E-state index contributed by atoms with van der Waals surface area (Å²) < 4.78 is 38.4. The van der Waals surface area contributed by atoms with Crippen LogP contribution in [0.25, 0.3) is 10.4 Å². The highest BCUT2D eigenvalue weighted by Crippen LogP contribution is 2.38. The number of halogens is 1. The number of amides is 4. The van der Waals surface area contributed by atoms with Crippen molar-refractivity contribution < 1.29 is 57.5 Å². The van der Waals surface area contributed by atoms with Gasteiger partial charge in [-0.25, -0.2) is 14.2 Å². The molecule has 1 unspecified atom stereocenters. The monoisotopic (exact) mass is 1060 g/mol. The number of rotatable bonds is 21. The molecule has 0 radical (unpaired) electrons. The van der Waals surface area contributed by atoms with E-state index in [1.54, 1.807) is 40.7 Å². The number of aliphatic hydroxyl groups excluding tert-OH is 1. The molecule has 1 fully saturated rings. The van der Waals surface area contributed by atoms with Crippen LogP contribution in [-0.4, -0.2) is 117 Å². The van der Waals surface area contributed by atoms with Crippen LogP contribution in [0.5, 0.6) is 11.5 Å². The van der Waals surface area contributed by atoms with E-state index in [9.17, 15) is 38.6 Å². The molecule has 0 bridgehead atoms. The van der Waals surface area contributed by atoms with Gasteiger partial charge in [-0.1, -0.05) is 98.5 Å². The van der Waals surface area contributed by atoms with E-state index < -0.39 is 47.8 Å². The van der Waals surface area contributed by atoms with Gasteiger partial charge in [0.25, 0.3) is 11.8 Å². The topological polar surface area (TPSA) is 197 Å². The van der Waals surface area contributed by atoms with Gasteiger partial charge in [0.1, 0.15) is 49.2 Å². The molecule has 9 rings (SSSR count). The first-order valence-electron chi connectivity index (χ1n) is 25.3. The number of hydrogen-bond acceptors (Lipinski definition) is 12. The minimum atomic E-state index is -1.54. The molecule has 3 aliphatic heterocycles. The van der Waals surface area contributed by atoms with Crippen molar-refractivity contribution in [2.45, 2.75) is 77.7 Å². The Kier molecular flexibility index (Phi) is 17.0. The van der Waals surface area contributed by atoms with Crippen LogP contribution in [0.2, 0.25) is 0 Å². The molecule has 4 amide bonds. The lowest BCUT2D eigenvalue weighted by molar-refractivity contribution is -0.143. The van der Waals surface area contributed by atoms with Crippen molar-refractivity contribution in [2.75, 3.05) is 39.6 Å². The number of nitrogens with zero attached hydrogens (tertiary/aromatic N) is 4. The second-order valence-electron chi connectivity index (χ2n) is 19.3. The molecule has 0 spiro atoms. The Morgan fingerprint density at radius 2 is 1.60 bits per heavy atom. The van der Waals surface area contributed by atoms with Gasteiger partial charge in [0, 0.05) is 54.9 Å². The number of fused-ring (bicyclic) bond motifs is 2. The fraction of sp³-hybridized carbons (Fsp3) is 0.322. The average molecular weight is 1060 g/mol. The Labute approximate surface area is 449 Å². The van der Waals surface area contributed by atoms with E-state index in [4.69, 9.17) is 18.9 Å². The lowest BCUT2D eigenvalue weighted by Crippen LogP contribution is -2.55. The zero-order valence-corrected chi connectivity index (χ0v) is 43.6. The number of aromatic nitrogens is 1. The highest BCUT2D eigenvalue weighted by atomic mass is 32.1. The fourth-order valence-electron chi connectivity index (χ4n) is 10.0. The molecule has 18 heteroatoms. The first kappa shape index (κ1) is 53.9. The van der Waals surface area contributed by atoms with Crippen molar-refractivity contribution in [3.8, 4) is 33.8 Å². The van der Waals surface area contributed by atoms with Crippen LogP contribution in [0.3, 0.4) is 0 Å². The molecule has 1 aromatic heterocycles. The third kappa shape index (κ3) is 12.2. The SMILES string of the molecule is Cc1ncsc1-c1ccc(CNC(=O)[C@@H]2C[C@@H](O)CN2C(=O)[C@H](C(C)C)N2Cc3ccccc3C2=O)c(OCCOCCOCC#Cc2cccc3c2C(=O)N(C(C(=O)O)c2cc(F)ccc2OCc2ccccc2)C3)c1. The molecule has 3 aliphatic rings. The number of likely N-dealkylation sites (tertiary alicyclic amines) is 1. The van der Waals surface area contributed by atoms with Crippen molar-refractivity contribution in [3.63, 3.8) is 0 Å². The summed E-state index contributed by atoms with van der Waals surface area (Å²) in [6, 6.07) is 27.7. The molecule has 6 aromatic rings. The van der Waals surface area contributed by atoms with Crippen molar-refractivity contribution in [1.29, 1.82) is 0 Å². The number of aliphatic carboxylic acids is 1. The molecule has 1 saturated heterocycles. The first-order valence-corrected chi connectivity index (χ1v) is 26.2. The van der Waals surface area contributed by atoms with Gasteiger partial charge in [0.2, 0.25) is 11.8 Å². The van der Waals surface area contributed by atoms with E-state index >= 15 is 0 Å². The second kappa shape index (κ2) is 24.4. The maximum absolute atomic E-state index is 14.7. The predicted molar refractivity (Wildman–Crippen MR) is 283 cm³/mol. The van der Waals surface area contributed by atoms with Gasteiger partial charge in [-0.15, -0.1) is 11.3 Å². The molecular formula is C59H58FN5O11S. The Bertz CT molecular complexity index is 3230. The van der Waals surface area contributed by atoms with E-state index in [1.165, 1.54) is 33.3 Å². The van der Waals surface area contributed by atoms with Crippen LogP contribution in [0, 0.1) is 30.5 Å². The molecule has 4 atom stereocenters. The zero-order chi connectivity index (χ0) is 54.2. The molecule has 0 saturated carbocycles. The van der Waals surface area contributed by atoms with Crippen LogP contribution in [0.1, 0.15) is 86.1 Å². The van der Waals surface area contributed by atoms with E-state index in [0.29, 0.717) is 28.0 Å². The summed E-state index contributed by atoms with van der Waals surface area (Å²) in [5.74, 6) is 2.71. The van der Waals surface area contributed by atoms with Gasteiger partial charge in [-0.05, 0) is 71.5 Å². The summed E-state index contributed by atoms with van der Waals surface area (Å²) in [4.78, 5) is 78.0. The minimum absolute atomic E-state index is 0.0125. The number of carboxylic acid groups (broad SMARTS) is 1. The molecule has 77 heavy (non-hydrogen) atoms.